The molecule has 1 aliphatic rings. The highest BCUT2D eigenvalue weighted by Crippen LogP contribution is 2.41. The van der Waals surface area contributed by atoms with Crippen molar-refractivity contribution in [3.05, 3.63) is 34.9 Å². The van der Waals surface area contributed by atoms with Crippen LogP contribution in [0.15, 0.2) is 24.3 Å². The van der Waals surface area contributed by atoms with Gasteiger partial charge in [-0.15, -0.1) is 0 Å². The summed E-state index contributed by atoms with van der Waals surface area (Å²) in [7, 11) is 1.45. The fourth-order valence-electron chi connectivity index (χ4n) is 2.61. The monoisotopic (exact) mass is 338 g/mol. The number of amides is 2. The maximum absolute atomic E-state index is 12.4. The van der Waals surface area contributed by atoms with Gasteiger partial charge in [-0.1, -0.05) is 37.6 Å². The first kappa shape index (κ1) is 17.8. The van der Waals surface area contributed by atoms with Crippen molar-refractivity contribution < 1.29 is 14.3 Å². The van der Waals surface area contributed by atoms with Crippen molar-refractivity contribution in [2.75, 3.05) is 13.7 Å². The number of halogens is 1. The Morgan fingerprint density at radius 3 is 2.74 bits per heavy atom. The van der Waals surface area contributed by atoms with Gasteiger partial charge in [0.25, 0.3) is 0 Å². The summed E-state index contributed by atoms with van der Waals surface area (Å²) >= 11 is 6.00. The molecule has 0 heterocycles. The molecule has 2 rings (SSSR count). The van der Waals surface area contributed by atoms with Crippen LogP contribution in [-0.2, 0) is 14.3 Å². The molecule has 2 N–H and O–H groups in total. The molecule has 1 saturated carbocycles. The molecule has 0 unspecified atom stereocenters. The highest BCUT2D eigenvalue weighted by molar-refractivity contribution is 6.30. The van der Waals surface area contributed by atoms with Crippen molar-refractivity contribution in [3.63, 3.8) is 0 Å². The van der Waals surface area contributed by atoms with Crippen LogP contribution in [0, 0.1) is 5.92 Å². The average Bonchev–Trinajstić information content (AvgIpc) is 3.24. The van der Waals surface area contributed by atoms with Crippen LogP contribution in [0.5, 0.6) is 0 Å². The number of carbonyl (C=O) groups excluding carboxylic acids is 2. The van der Waals surface area contributed by atoms with Crippen molar-refractivity contribution in [2.24, 2.45) is 5.92 Å². The van der Waals surface area contributed by atoms with E-state index in [0.717, 1.165) is 12.0 Å². The fourth-order valence-corrected chi connectivity index (χ4v) is 2.81. The van der Waals surface area contributed by atoms with Gasteiger partial charge in [-0.3, -0.25) is 9.59 Å². The maximum atomic E-state index is 12.4. The first-order chi connectivity index (χ1) is 10.9. The van der Waals surface area contributed by atoms with Gasteiger partial charge in [0.05, 0.1) is 0 Å². The predicted molar refractivity (Wildman–Crippen MR) is 89.4 cm³/mol. The van der Waals surface area contributed by atoms with Gasteiger partial charge in [0.2, 0.25) is 11.8 Å². The van der Waals surface area contributed by atoms with E-state index < -0.39 is 6.04 Å². The van der Waals surface area contributed by atoms with Crippen molar-refractivity contribution in [1.29, 1.82) is 0 Å². The van der Waals surface area contributed by atoms with E-state index in [-0.39, 0.29) is 30.4 Å². The van der Waals surface area contributed by atoms with Crippen LogP contribution in [0.1, 0.15) is 31.7 Å². The second-order valence-electron chi connectivity index (χ2n) is 6.23. The topological polar surface area (TPSA) is 67.4 Å². The molecule has 0 spiro atoms. The molecule has 2 amide bonds. The van der Waals surface area contributed by atoms with Crippen LogP contribution in [0.2, 0.25) is 5.02 Å². The van der Waals surface area contributed by atoms with Gasteiger partial charge < -0.3 is 15.4 Å². The zero-order valence-electron chi connectivity index (χ0n) is 13.6. The third-order valence-electron chi connectivity index (χ3n) is 3.94. The van der Waals surface area contributed by atoms with E-state index in [0.29, 0.717) is 10.9 Å². The van der Waals surface area contributed by atoms with Crippen LogP contribution in [0.25, 0.3) is 0 Å². The molecule has 23 heavy (non-hydrogen) atoms. The lowest BCUT2D eigenvalue weighted by Crippen LogP contribution is -2.51. The van der Waals surface area contributed by atoms with Gasteiger partial charge in [-0.2, -0.15) is 0 Å². The molecule has 126 valence electrons. The lowest BCUT2D eigenvalue weighted by Gasteiger charge is -2.21. The summed E-state index contributed by atoms with van der Waals surface area (Å²) in [5.74, 6) is -0.151. The third-order valence-corrected chi connectivity index (χ3v) is 4.17. The molecule has 0 aliphatic heterocycles. The van der Waals surface area contributed by atoms with Crippen LogP contribution >= 0.6 is 11.6 Å². The predicted octanol–water partition coefficient (Wildman–Crippen LogP) is 2.10. The summed E-state index contributed by atoms with van der Waals surface area (Å²) in [4.78, 5) is 24.1. The van der Waals surface area contributed by atoms with E-state index in [2.05, 4.69) is 10.6 Å². The molecule has 6 heteroatoms. The molecular formula is C17H23ClN2O3. The summed E-state index contributed by atoms with van der Waals surface area (Å²) in [6, 6.07) is 7.24. The number of ether oxygens (including phenoxy) is 1. The van der Waals surface area contributed by atoms with Gasteiger partial charge in [0.15, 0.2) is 0 Å². The largest absolute Gasteiger partial charge is 0.375 e. The van der Waals surface area contributed by atoms with Crippen molar-refractivity contribution in [1.82, 2.24) is 10.6 Å². The Bertz CT molecular complexity index is 577. The number of carbonyl (C=O) groups is 2. The van der Waals surface area contributed by atoms with Crippen LogP contribution in [0.4, 0.5) is 0 Å². The molecule has 0 saturated heterocycles. The van der Waals surface area contributed by atoms with E-state index in [4.69, 9.17) is 16.3 Å². The lowest BCUT2D eigenvalue weighted by atomic mass is 10.0. The molecule has 0 aromatic heterocycles. The Morgan fingerprint density at radius 1 is 1.39 bits per heavy atom. The Kier molecular flexibility index (Phi) is 6.02. The highest BCUT2D eigenvalue weighted by Gasteiger charge is 2.41. The summed E-state index contributed by atoms with van der Waals surface area (Å²) in [6.07, 6.45) is 0.892. The zero-order valence-corrected chi connectivity index (χ0v) is 14.4. The molecule has 0 bridgehead atoms. The number of hydrogen-bond donors (Lipinski definition) is 2. The first-order valence-electron chi connectivity index (χ1n) is 7.76. The van der Waals surface area contributed by atoms with Gasteiger partial charge in [-0.05, 0) is 30.0 Å². The van der Waals surface area contributed by atoms with E-state index in [9.17, 15) is 9.59 Å². The molecule has 5 nitrogen and oxygen atoms in total. The van der Waals surface area contributed by atoms with Gasteiger partial charge >= 0.3 is 0 Å². The Hall–Kier alpha value is -1.59. The number of rotatable bonds is 7. The quantitative estimate of drug-likeness (QED) is 0.800. The van der Waals surface area contributed by atoms with Crippen LogP contribution in [-0.4, -0.2) is 37.6 Å². The SMILES string of the molecule is COCC(=O)N[C@H](C(=O)N[C@@H]1C[C@@H]1c1cccc(Cl)c1)C(C)C. The summed E-state index contributed by atoms with van der Waals surface area (Å²) < 4.78 is 4.79. The van der Waals surface area contributed by atoms with Crippen molar-refractivity contribution in [2.45, 2.75) is 38.3 Å². The Morgan fingerprint density at radius 2 is 2.13 bits per heavy atom. The standard InChI is InChI=1S/C17H23ClN2O3/c1-10(2)16(20-15(21)9-23-3)17(22)19-14-8-13(14)11-5-4-6-12(18)7-11/h4-7,10,13-14,16H,8-9H2,1-3H3,(H,19,22)(H,20,21)/t13-,14-,16+/m1/s1. The smallest absolute Gasteiger partial charge is 0.246 e. The Labute approximate surface area is 141 Å². The number of hydrogen-bond acceptors (Lipinski definition) is 3. The second-order valence-corrected chi connectivity index (χ2v) is 6.67. The highest BCUT2D eigenvalue weighted by atomic mass is 35.5. The first-order valence-corrected chi connectivity index (χ1v) is 8.14. The molecular weight excluding hydrogens is 316 g/mol. The van der Waals surface area contributed by atoms with Gasteiger partial charge in [0.1, 0.15) is 12.6 Å². The molecule has 3 atom stereocenters. The molecule has 0 radical (unpaired) electrons. The zero-order chi connectivity index (χ0) is 17.0. The lowest BCUT2D eigenvalue weighted by molar-refractivity contribution is -0.132. The normalized spacial score (nSPS) is 20.9. The summed E-state index contributed by atoms with van der Waals surface area (Å²) in [5, 5.41) is 6.43. The van der Waals surface area contributed by atoms with Crippen molar-refractivity contribution in [3.8, 4) is 0 Å². The maximum Gasteiger partial charge on any atom is 0.246 e. The van der Waals surface area contributed by atoms with Crippen LogP contribution in [0.3, 0.4) is 0 Å². The van der Waals surface area contributed by atoms with E-state index in [1.807, 2.05) is 38.1 Å². The minimum absolute atomic E-state index is 0.000763. The molecule has 1 aliphatic carbocycles. The van der Waals surface area contributed by atoms with Crippen LogP contribution < -0.4 is 10.6 Å². The van der Waals surface area contributed by atoms with E-state index in [1.54, 1.807) is 0 Å². The van der Waals surface area contributed by atoms with Gasteiger partial charge in [-0.25, -0.2) is 0 Å². The molecule has 1 fully saturated rings. The summed E-state index contributed by atoms with van der Waals surface area (Å²) in [5.41, 5.74) is 1.13. The second kappa shape index (κ2) is 7.79. The fraction of sp³-hybridized carbons (Fsp3) is 0.529. The molecule has 1 aromatic carbocycles. The minimum atomic E-state index is -0.557. The van der Waals surface area contributed by atoms with Gasteiger partial charge in [0, 0.05) is 24.1 Å². The molecule has 1 aromatic rings. The minimum Gasteiger partial charge on any atom is -0.375 e. The summed E-state index contributed by atoms with van der Waals surface area (Å²) in [6.45, 7) is 3.75. The number of benzene rings is 1. The van der Waals surface area contributed by atoms with E-state index >= 15 is 0 Å². The average molecular weight is 339 g/mol. The van der Waals surface area contributed by atoms with E-state index in [1.165, 1.54) is 7.11 Å². The number of nitrogens with one attached hydrogen (secondary N) is 2. The Balaban J connectivity index is 1.91. The number of methoxy groups -OCH3 is 1. The third kappa shape index (κ3) is 4.94. The van der Waals surface area contributed by atoms with Crippen molar-refractivity contribution >= 4 is 23.4 Å².